The molecule has 0 N–H and O–H groups in total. The van der Waals surface area contributed by atoms with Gasteiger partial charge in [0.1, 0.15) is 5.82 Å². The Kier molecular flexibility index (Phi) is 3.52. The van der Waals surface area contributed by atoms with E-state index in [1.807, 2.05) is 41.9 Å². The molecule has 0 atom stereocenters. The molecule has 3 aromatic rings. The van der Waals surface area contributed by atoms with Crippen molar-refractivity contribution in [2.45, 2.75) is 0 Å². The molecule has 2 aromatic carbocycles. The van der Waals surface area contributed by atoms with Crippen LogP contribution in [0.15, 0.2) is 40.9 Å². The number of nitrogens with zero attached hydrogens (tertiary/aromatic N) is 3. The van der Waals surface area contributed by atoms with Gasteiger partial charge in [0.2, 0.25) is 0 Å². The van der Waals surface area contributed by atoms with Crippen molar-refractivity contribution in [3.05, 3.63) is 50.0 Å². The lowest BCUT2D eigenvalue weighted by Crippen LogP contribution is -1.93. The molecule has 0 unspecified atom stereocenters. The van der Waals surface area contributed by atoms with Gasteiger partial charge in [0.05, 0.1) is 22.7 Å². The summed E-state index contributed by atoms with van der Waals surface area (Å²) in [5.74, 6) is 0.889. The summed E-state index contributed by atoms with van der Waals surface area (Å²) in [6.45, 7) is 0. The second-order valence-corrected chi connectivity index (χ2v) is 6.53. The number of hydrogen-bond acceptors (Lipinski definition) is 2. The molecule has 0 radical (unpaired) electrons. The molecular formula is C15H9BrIN3. The molecule has 1 aromatic heterocycles. The van der Waals surface area contributed by atoms with E-state index in [2.05, 4.69) is 55.6 Å². The molecule has 0 bridgehead atoms. The van der Waals surface area contributed by atoms with Crippen LogP contribution >= 0.6 is 38.5 Å². The van der Waals surface area contributed by atoms with Gasteiger partial charge in [-0.2, -0.15) is 5.26 Å². The van der Waals surface area contributed by atoms with Crippen molar-refractivity contribution in [2.75, 3.05) is 0 Å². The minimum atomic E-state index is 0.629. The molecule has 0 fully saturated rings. The third kappa shape index (κ3) is 2.23. The summed E-state index contributed by atoms with van der Waals surface area (Å²) in [6, 6.07) is 13.9. The highest BCUT2D eigenvalue weighted by molar-refractivity contribution is 14.1. The molecule has 0 amide bonds. The molecule has 3 rings (SSSR count). The topological polar surface area (TPSA) is 41.6 Å². The largest absolute Gasteiger partial charge is 0.327 e. The van der Waals surface area contributed by atoms with Gasteiger partial charge in [0.25, 0.3) is 0 Å². The molecule has 1 heterocycles. The Labute approximate surface area is 138 Å². The van der Waals surface area contributed by atoms with E-state index in [0.29, 0.717) is 5.56 Å². The highest BCUT2D eigenvalue weighted by Gasteiger charge is 2.13. The van der Waals surface area contributed by atoms with Crippen LogP contribution in [0.2, 0.25) is 0 Å². The second-order valence-electron chi connectivity index (χ2n) is 4.43. The van der Waals surface area contributed by atoms with E-state index in [9.17, 15) is 0 Å². The first-order valence-electron chi connectivity index (χ1n) is 5.92. The summed E-state index contributed by atoms with van der Waals surface area (Å²) in [5, 5.41) is 8.98. The summed E-state index contributed by atoms with van der Waals surface area (Å²) >= 11 is 5.87. The van der Waals surface area contributed by atoms with E-state index in [4.69, 9.17) is 5.26 Å². The van der Waals surface area contributed by atoms with Crippen LogP contribution in [0.4, 0.5) is 0 Å². The predicted molar refractivity (Wildman–Crippen MR) is 91.3 cm³/mol. The van der Waals surface area contributed by atoms with Crippen LogP contribution in [0.5, 0.6) is 0 Å². The van der Waals surface area contributed by atoms with Crippen LogP contribution in [0.1, 0.15) is 5.56 Å². The number of nitriles is 1. The number of hydrogen-bond donors (Lipinski definition) is 0. The predicted octanol–water partition coefficient (Wildman–Crippen LogP) is 4.48. The molecule has 3 nitrogen and oxygen atoms in total. The first-order chi connectivity index (χ1) is 9.60. The summed E-state index contributed by atoms with van der Waals surface area (Å²) in [4.78, 5) is 4.67. The first kappa shape index (κ1) is 13.6. The van der Waals surface area contributed by atoms with Crippen molar-refractivity contribution in [3.8, 4) is 17.5 Å². The summed E-state index contributed by atoms with van der Waals surface area (Å²) < 4.78 is 4.22. The molecule has 98 valence electrons. The molecule has 0 aliphatic carbocycles. The van der Waals surface area contributed by atoms with E-state index in [1.165, 1.54) is 0 Å². The van der Waals surface area contributed by atoms with Crippen LogP contribution in [0, 0.1) is 14.9 Å². The van der Waals surface area contributed by atoms with Gasteiger partial charge in [-0.1, -0.05) is 15.9 Å². The van der Waals surface area contributed by atoms with Gasteiger partial charge in [-0.3, -0.25) is 0 Å². The van der Waals surface area contributed by atoms with Crippen molar-refractivity contribution in [1.29, 1.82) is 5.26 Å². The van der Waals surface area contributed by atoms with Crippen LogP contribution < -0.4 is 0 Å². The summed E-state index contributed by atoms with van der Waals surface area (Å²) in [7, 11) is 1.99. The number of rotatable bonds is 1. The fraction of sp³-hybridized carbons (Fsp3) is 0.0667. The van der Waals surface area contributed by atoms with Gasteiger partial charge >= 0.3 is 0 Å². The summed E-state index contributed by atoms with van der Waals surface area (Å²) in [5.41, 5.74) is 3.54. The Bertz CT molecular complexity index is 861. The van der Waals surface area contributed by atoms with Gasteiger partial charge in [0, 0.05) is 20.7 Å². The van der Waals surface area contributed by atoms with Crippen molar-refractivity contribution in [1.82, 2.24) is 9.55 Å². The normalized spacial score (nSPS) is 10.7. The molecule has 0 saturated heterocycles. The van der Waals surface area contributed by atoms with E-state index < -0.39 is 0 Å². The average molecular weight is 438 g/mol. The number of aromatic nitrogens is 2. The fourth-order valence-corrected chi connectivity index (χ4v) is 3.09. The number of fused-ring (bicyclic) bond motifs is 1. The molecule has 5 heteroatoms. The molecule has 0 spiro atoms. The Balaban J connectivity index is 2.29. The number of aryl methyl sites for hydroxylation is 1. The SMILES string of the molecule is Cn1c(-c2cc(I)ccc2Br)nc2cc(C#N)ccc21. The molecule has 0 saturated carbocycles. The van der Waals surface area contributed by atoms with Crippen molar-refractivity contribution in [3.63, 3.8) is 0 Å². The maximum Gasteiger partial charge on any atom is 0.142 e. The van der Waals surface area contributed by atoms with Crippen LogP contribution in [0.3, 0.4) is 0 Å². The quantitative estimate of drug-likeness (QED) is 0.526. The zero-order chi connectivity index (χ0) is 14.3. The maximum atomic E-state index is 8.98. The van der Waals surface area contributed by atoms with E-state index in [1.54, 1.807) is 0 Å². The first-order valence-corrected chi connectivity index (χ1v) is 7.79. The number of halogens is 2. The minimum absolute atomic E-state index is 0.629. The van der Waals surface area contributed by atoms with Gasteiger partial charge in [-0.25, -0.2) is 4.98 Å². The fourth-order valence-electron chi connectivity index (χ4n) is 2.18. The number of imidazole rings is 1. The van der Waals surface area contributed by atoms with E-state index in [0.717, 1.165) is 30.5 Å². The van der Waals surface area contributed by atoms with Gasteiger partial charge in [0.15, 0.2) is 0 Å². The lowest BCUT2D eigenvalue weighted by molar-refractivity contribution is 0.958. The molecule has 0 aliphatic heterocycles. The van der Waals surface area contributed by atoms with E-state index in [-0.39, 0.29) is 0 Å². The molecular weight excluding hydrogens is 429 g/mol. The Morgan fingerprint density at radius 2 is 2.05 bits per heavy atom. The lowest BCUT2D eigenvalue weighted by Gasteiger charge is -2.05. The highest BCUT2D eigenvalue weighted by atomic mass is 127. The molecule has 0 aliphatic rings. The van der Waals surface area contributed by atoms with E-state index >= 15 is 0 Å². The maximum absolute atomic E-state index is 8.98. The Hall–Kier alpha value is -1.39. The van der Waals surface area contributed by atoms with Crippen molar-refractivity contribution >= 4 is 49.6 Å². The lowest BCUT2D eigenvalue weighted by atomic mass is 10.2. The highest BCUT2D eigenvalue weighted by Crippen LogP contribution is 2.31. The van der Waals surface area contributed by atoms with Gasteiger partial charge in [-0.05, 0) is 59.0 Å². The van der Waals surface area contributed by atoms with Crippen LogP contribution in [0.25, 0.3) is 22.4 Å². The monoisotopic (exact) mass is 437 g/mol. The van der Waals surface area contributed by atoms with Crippen molar-refractivity contribution in [2.24, 2.45) is 7.05 Å². The second kappa shape index (κ2) is 5.19. The molecule has 20 heavy (non-hydrogen) atoms. The zero-order valence-electron chi connectivity index (χ0n) is 10.6. The van der Waals surface area contributed by atoms with Crippen LogP contribution in [-0.2, 0) is 7.05 Å². The third-order valence-corrected chi connectivity index (χ3v) is 4.54. The Morgan fingerprint density at radius 3 is 2.80 bits per heavy atom. The summed E-state index contributed by atoms with van der Waals surface area (Å²) in [6.07, 6.45) is 0. The van der Waals surface area contributed by atoms with Crippen molar-refractivity contribution < 1.29 is 0 Å². The van der Waals surface area contributed by atoms with Gasteiger partial charge < -0.3 is 4.57 Å². The Morgan fingerprint density at radius 1 is 1.25 bits per heavy atom. The van der Waals surface area contributed by atoms with Gasteiger partial charge in [-0.15, -0.1) is 0 Å². The van der Waals surface area contributed by atoms with Crippen LogP contribution in [-0.4, -0.2) is 9.55 Å². The third-order valence-electron chi connectivity index (χ3n) is 3.18. The minimum Gasteiger partial charge on any atom is -0.327 e. The number of benzene rings is 2. The average Bonchev–Trinajstić information content (AvgIpc) is 2.78. The standard InChI is InChI=1S/C15H9BrIN3/c1-20-14-5-2-9(8-18)6-13(14)19-15(20)11-7-10(17)3-4-12(11)16/h2-7H,1H3. The smallest absolute Gasteiger partial charge is 0.142 e. The zero-order valence-corrected chi connectivity index (χ0v) is 14.3.